The molecule has 0 aliphatic carbocycles. The Bertz CT molecular complexity index is 537. The Balaban J connectivity index is 2.06. The molecule has 2 aromatic rings. The third-order valence-electron chi connectivity index (χ3n) is 2.90. The van der Waals surface area contributed by atoms with Crippen molar-refractivity contribution in [2.75, 3.05) is 0 Å². The van der Waals surface area contributed by atoms with E-state index < -0.39 is 0 Å². The number of pyridine rings is 1. The van der Waals surface area contributed by atoms with Crippen molar-refractivity contribution in [2.45, 2.75) is 33.1 Å². The highest BCUT2D eigenvalue weighted by Gasteiger charge is 2.04. The van der Waals surface area contributed by atoms with Crippen LogP contribution in [0.4, 0.5) is 0 Å². The van der Waals surface area contributed by atoms with Crippen LogP contribution >= 0.6 is 15.9 Å². The van der Waals surface area contributed by atoms with Crippen LogP contribution in [0.1, 0.15) is 30.9 Å². The summed E-state index contributed by atoms with van der Waals surface area (Å²) in [7, 11) is 0. The van der Waals surface area contributed by atoms with E-state index in [1.54, 1.807) is 6.20 Å². The summed E-state index contributed by atoms with van der Waals surface area (Å²) in [5.74, 6) is 1.42. The third kappa shape index (κ3) is 4.06. The number of aromatic nitrogens is 1. The highest BCUT2D eigenvalue weighted by atomic mass is 79.9. The third-order valence-corrected chi connectivity index (χ3v) is 3.47. The summed E-state index contributed by atoms with van der Waals surface area (Å²) >= 11 is 3.47. The summed E-state index contributed by atoms with van der Waals surface area (Å²) in [5, 5.41) is 0. The van der Waals surface area contributed by atoms with Gasteiger partial charge in [0.15, 0.2) is 0 Å². The molecule has 100 valence electrons. The number of benzene rings is 1. The Labute approximate surface area is 123 Å². The maximum absolute atomic E-state index is 5.77. The molecule has 0 unspecified atom stereocenters. The fourth-order valence-corrected chi connectivity index (χ4v) is 2.36. The summed E-state index contributed by atoms with van der Waals surface area (Å²) < 4.78 is 6.64. The topological polar surface area (TPSA) is 22.1 Å². The average Bonchev–Trinajstić information content (AvgIpc) is 2.41. The van der Waals surface area contributed by atoms with E-state index >= 15 is 0 Å². The maximum Gasteiger partial charge on any atom is 0.233 e. The van der Waals surface area contributed by atoms with Gasteiger partial charge in [-0.05, 0) is 65.0 Å². The number of hydrogen-bond acceptors (Lipinski definition) is 2. The molecule has 0 bridgehead atoms. The lowest BCUT2D eigenvalue weighted by atomic mass is 10.1. The van der Waals surface area contributed by atoms with Crippen LogP contribution in [0.25, 0.3) is 0 Å². The van der Waals surface area contributed by atoms with E-state index in [0.717, 1.165) is 22.2 Å². The molecule has 0 fully saturated rings. The summed E-state index contributed by atoms with van der Waals surface area (Å²) in [6.45, 7) is 4.21. The SMILES string of the molecule is CCCCc1ccc(Oc2ncc(C)cc2Br)cc1. The molecular formula is C16H18BrNO. The van der Waals surface area contributed by atoms with Crippen molar-refractivity contribution in [1.29, 1.82) is 0 Å². The molecule has 0 spiro atoms. The molecular weight excluding hydrogens is 302 g/mol. The van der Waals surface area contributed by atoms with Crippen LogP contribution in [0.15, 0.2) is 41.0 Å². The van der Waals surface area contributed by atoms with Crippen LogP contribution in [0.2, 0.25) is 0 Å². The second kappa shape index (κ2) is 6.71. The number of rotatable bonds is 5. The Hall–Kier alpha value is -1.35. The van der Waals surface area contributed by atoms with Gasteiger partial charge in [-0.25, -0.2) is 4.98 Å². The molecule has 1 aromatic heterocycles. The fourth-order valence-electron chi connectivity index (χ4n) is 1.81. The Morgan fingerprint density at radius 1 is 1.21 bits per heavy atom. The van der Waals surface area contributed by atoms with Gasteiger partial charge in [-0.15, -0.1) is 0 Å². The highest BCUT2D eigenvalue weighted by molar-refractivity contribution is 9.10. The zero-order chi connectivity index (χ0) is 13.7. The minimum absolute atomic E-state index is 0.604. The van der Waals surface area contributed by atoms with E-state index in [2.05, 4.69) is 40.0 Å². The second-order valence-electron chi connectivity index (χ2n) is 4.65. The van der Waals surface area contributed by atoms with E-state index in [1.807, 2.05) is 25.1 Å². The van der Waals surface area contributed by atoms with Crippen LogP contribution in [0, 0.1) is 6.92 Å². The van der Waals surface area contributed by atoms with Gasteiger partial charge in [-0.3, -0.25) is 0 Å². The lowest BCUT2D eigenvalue weighted by molar-refractivity contribution is 0.459. The Kier molecular flexibility index (Phi) is 4.97. The quantitative estimate of drug-likeness (QED) is 0.747. The summed E-state index contributed by atoms with van der Waals surface area (Å²) in [6.07, 6.45) is 5.38. The van der Waals surface area contributed by atoms with Gasteiger partial charge < -0.3 is 4.74 Å². The van der Waals surface area contributed by atoms with Crippen LogP contribution in [-0.2, 0) is 6.42 Å². The lowest BCUT2D eigenvalue weighted by Gasteiger charge is -2.08. The molecule has 19 heavy (non-hydrogen) atoms. The molecule has 1 heterocycles. The molecule has 0 saturated carbocycles. The number of ether oxygens (including phenoxy) is 1. The van der Waals surface area contributed by atoms with Crippen molar-refractivity contribution in [2.24, 2.45) is 0 Å². The van der Waals surface area contributed by atoms with Crippen molar-refractivity contribution >= 4 is 15.9 Å². The van der Waals surface area contributed by atoms with Crippen molar-refractivity contribution in [1.82, 2.24) is 4.98 Å². The smallest absolute Gasteiger partial charge is 0.233 e. The molecule has 0 radical (unpaired) electrons. The van der Waals surface area contributed by atoms with Gasteiger partial charge >= 0.3 is 0 Å². The van der Waals surface area contributed by atoms with Gasteiger partial charge in [0, 0.05) is 6.20 Å². The van der Waals surface area contributed by atoms with E-state index in [0.29, 0.717) is 5.88 Å². The second-order valence-corrected chi connectivity index (χ2v) is 5.50. The van der Waals surface area contributed by atoms with Gasteiger partial charge in [0.05, 0.1) is 4.47 Å². The number of aryl methyl sites for hydroxylation is 2. The maximum atomic E-state index is 5.77. The fraction of sp³-hybridized carbons (Fsp3) is 0.312. The van der Waals surface area contributed by atoms with Gasteiger partial charge in [-0.1, -0.05) is 25.5 Å². The minimum Gasteiger partial charge on any atom is -0.438 e. The van der Waals surface area contributed by atoms with Crippen LogP contribution in [0.5, 0.6) is 11.6 Å². The van der Waals surface area contributed by atoms with E-state index in [4.69, 9.17) is 4.74 Å². The van der Waals surface area contributed by atoms with Gasteiger partial charge in [0.2, 0.25) is 5.88 Å². The number of unbranched alkanes of at least 4 members (excludes halogenated alkanes) is 1. The van der Waals surface area contributed by atoms with Gasteiger partial charge in [0.25, 0.3) is 0 Å². The molecule has 1 aromatic carbocycles. The first-order chi connectivity index (χ1) is 9.19. The van der Waals surface area contributed by atoms with Crippen LogP contribution < -0.4 is 4.74 Å². The predicted molar refractivity (Wildman–Crippen MR) is 81.8 cm³/mol. The summed E-state index contributed by atoms with van der Waals surface area (Å²) in [6, 6.07) is 10.2. The van der Waals surface area contributed by atoms with E-state index in [1.165, 1.54) is 18.4 Å². The van der Waals surface area contributed by atoms with E-state index in [9.17, 15) is 0 Å². The largest absolute Gasteiger partial charge is 0.438 e. The molecule has 2 nitrogen and oxygen atoms in total. The van der Waals surface area contributed by atoms with Crippen LogP contribution in [0.3, 0.4) is 0 Å². The Morgan fingerprint density at radius 2 is 1.95 bits per heavy atom. The van der Waals surface area contributed by atoms with Crippen LogP contribution in [-0.4, -0.2) is 4.98 Å². The summed E-state index contributed by atoms with van der Waals surface area (Å²) in [4.78, 5) is 4.28. The van der Waals surface area contributed by atoms with E-state index in [-0.39, 0.29) is 0 Å². The average molecular weight is 320 g/mol. The first kappa shape index (κ1) is 14.1. The molecule has 0 saturated heterocycles. The number of hydrogen-bond donors (Lipinski definition) is 0. The monoisotopic (exact) mass is 319 g/mol. The number of nitrogens with zero attached hydrogens (tertiary/aromatic N) is 1. The van der Waals surface area contributed by atoms with Gasteiger partial charge in [0.1, 0.15) is 5.75 Å². The molecule has 2 rings (SSSR count). The minimum atomic E-state index is 0.604. The molecule has 3 heteroatoms. The van der Waals surface area contributed by atoms with Crippen molar-refractivity contribution in [3.05, 3.63) is 52.1 Å². The zero-order valence-corrected chi connectivity index (χ0v) is 12.9. The molecule has 0 aliphatic heterocycles. The van der Waals surface area contributed by atoms with Crippen molar-refractivity contribution in [3.8, 4) is 11.6 Å². The number of halogens is 1. The van der Waals surface area contributed by atoms with Crippen molar-refractivity contribution < 1.29 is 4.74 Å². The van der Waals surface area contributed by atoms with Gasteiger partial charge in [-0.2, -0.15) is 0 Å². The predicted octanol–water partition coefficient (Wildman–Crippen LogP) is 5.29. The zero-order valence-electron chi connectivity index (χ0n) is 11.3. The van der Waals surface area contributed by atoms with Crippen molar-refractivity contribution in [3.63, 3.8) is 0 Å². The Morgan fingerprint density at radius 3 is 2.58 bits per heavy atom. The highest BCUT2D eigenvalue weighted by Crippen LogP contribution is 2.28. The summed E-state index contributed by atoms with van der Waals surface area (Å²) in [5.41, 5.74) is 2.46. The normalized spacial score (nSPS) is 10.5. The lowest BCUT2D eigenvalue weighted by Crippen LogP contribution is -1.91. The molecule has 0 atom stereocenters. The first-order valence-corrected chi connectivity index (χ1v) is 7.37. The molecule has 0 amide bonds. The first-order valence-electron chi connectivity index (χ1n) is 6.58. The molecule has 0 aliphatic rings. The molecule has 0 N–H and O–H groups in total. The standard InChI is InChI=1S/C16H18BrNO/c1-3-4-5-13-6-8-14(9-7-13)19-16-15(17)10-12(2)11-18-16/h6-11H,3-5H2,1-2H3.